The van der Waals surface area contributed by atoms with E-state index < -0.39 is 5.91 Å². The summed E-state index contributed by atoms with van der Waals surface area (Å²) in [6, 6.07) is 7.91. The summed E-state index contributed by atoms with van der Waals surface area (Å²) in [6.07, 6.45) is 0. The van der Waals surface area contributed by atoms with Crippen molar-refractivity contribution >= 4 is 34.8 Å². The summed E-state index contributed by atoms with van der Waals surface area (Å²) in [5.41, 5.74) is 0.894. The molecular weight excluding hydrogens is 315 g/mol. The van der Waals surface area contributed by atoms with Gasteiger partial charge in [-0.25, -0.2) is 0 Å². The zero-order valence-electron chi connectivity index (χ0n) is 10.7. The van der Waals surface area contributed by atoms with Crippen LogP contribution in [0.25, 0.3) is 0 Å². The van der Waals surface area contributed by atoms with Crippen LogP contribution in [0.3, 0.4) is 0 Å². The van der Waals surface area contributed by atoms with Gasteiger partial charge in [-0.15, -0.1) is 10.2 Å². The van der Waals surface area contributed by atoms with E-state index in [1.807, 2.05) is 6.07 Å². The van der Waals surface area contributed by atoms with Gasteiger partial charge in [0.05, 0.1) is 30.0 Å². The predicted octanol–water partition coefficient (Wildman–Crippen LogP) is 2.92. The molecule has 6 nitrogen and oxygen atoms in total. The van der Waals surface area contributed by atoms with Gasteiger partial charge in [0.15, 0.2) is 10.3 Å². The second kappa shape index (κ2) is 6.39. The monoisotopic (exact) mass is 322 g/mol. The number of nitriles is 1. The van der Waals surface area contributed by atoms with Crippen molar-refractivity contribution in [2.75, 3.05) is 12.4 Å². The van der Waals surface area contributed by atoms with Gasteiger partial charge in [0.1, 0.15) is 5.75 Å². The van der Waals surface area contributed by atoms with E-state index in [2.05, 4.69) is 15.5 Å². The number of amides is 1. The Bertz CT molecular complexity index is 743. The number of halogens is 2. The number of ether oxygens (including phenoxy) is 1. The van der Waals surface area contributed by atoms with Crippen molar-refractivity contribution in [2.45, 2.75) is 0 Å². The van der Waals surface area contributed by atoms with E-state index in [-0.39, 0.29) is 15.9 Å². The summed E-state index contributed by atoms with van der Waals surface area (Å²) >= 11 is 11.5. The van der Waals surface area contributed by atoms with Crippen LogP contribution in [0.4, 0.5) is 5.69 Å². The van der Waals surface area contributed by atoms with E-state index in [0.717, 1.165) is 0 Å². The number of aromatic nitrogens is 2. The Labute approximate surface area is 130 Å². The molecule has 106 valence electrons. The minimum Gasteiger partial charge on any atom is -0.495 e. The standard InChI is InChI=1S/C13H8Cl2N4O2/c1-21-10-4-7(6-16)2-3-9(10)17-13(20)8-5-11(14)18-19-12(8)15/h2-5H,1H3,(H,17,20). The Morgan fingerprint density at radius 1 is 1.33 bits per heavy atom. The quantitative estimate of drug-likeness (QED) is 0.938. The number of benzene rings is 1. The average Bonchev–Trinajstić information content (AvgIpc) is 2.49. The van der Waals surface area contributed by atoms with E-state index in [9.17, 15) is 4.79 Å². The van der Waals surface area contributed by atoms with E-state index in [4.69, 9.17) is 33.2 Å². The van der Waals surface area contributed by atoms with Crippen molar-refractivity contribution in [3.63, 3.8) is 0 Å². The Kier molecular flexibility index (Phi) is 4.58. The van der Waals surface area contributed by atoms with Gasteiger partial charge in [-0.1, -0.05) is 23.2 Å². The molecule has 0 atom stereocenters. The van der Waals surface area contributed by atoms with E-state index in [0.29, 0.717) is 17.0 Å². The van der Waals surface area contributed by atoms with E-state index in [1.165, 1.54) is 19.2 Å². The smallest absolute Gasteiger partial charge is 0.259 e. The molecule has 2 rings (SSSR count). The van der Waals surface area contributed by atoms with Crippen LogP contribution in [-0.4, -0.2) is 23.2 Å². The first-order chi connectivity index (χ1) is 10.0. The molecule has 0 unspecified atom stereocenters. The van der Waals surface area contributed by atoms with Crippen LogP contribution >= 0.6 is 23.2 Å². The Morgan fingerprint density at radius 2 is 2.10 bits per heavy atom. The fraction of sp³-hybridized carbons (Fsp3) is 0.0769. The van der Waals surface area contributed by atoms with Gasteiger partial charge in [-0.2, -0.15) is 5.26 Å². The van der Waals surface area contributed by atoms with Gasteiger partial charge in [-0.3, -0.25) is 4.79 Å². The zero-order valence-corrected chi connectivity index (χ0v) is 12.2. The minimum atomic E-state index is -0.514. The lowest BCUT2D eigenvalue weighted by Crippen LogP contribution is -2.14. The molecule has 1 aromatic carbocycles. The number of hydrogen-bond acceptors (Lipinski definition) is 5. The maximum absolute atomic E-state index is 12.2. The Hall–Kier alpha value is -2.36. The molecule has 1 heterocycles. The highest BCUT2D eigenvalue weighted by Gasteiger charge is 2.15. The van der Waals surface area contributed by atoms with Gasteiger partial charge in [0.25, 0.3) is 5.91 Å². The molecule has 1 N–H and O–H groups in total. The first-order valence-electron chi connectivity index (χ1n) is 5.63. The largest absolute Gasteiger partial charge is 0.495 e. The predicted molar refractivity (Wildman–Crippen MR) is 77.7 cm³/mol. The lowest BCUT2D eigenvalue weighted by Gasteiger charge is -2.10. The molecule has 21 heavy (non-hydrogen) atoms. The van der Waals surface area contributed by atoms with Crippen molar-refractivity contribution in [1.82, 2.24) is 10.2 Å². The minimum absolute atomic E-state index is 0.0522. The van der Waals surface area contributed by atoms with Gasteiger partial charge in [0.2, 0.25) is 0 Å². The van der Waals surface area contributed by atoms with E-state index in [1.54, 1.807) is 12.1 Å². The number of carbonyl (C=O) groups is 1. The van der Waals surface area contributed by atoms with Crippen LogP contribution in [0.15, 0.2) is 24.3 Å². The third-order valence-electron chi connectivity index (χ3n) is 2.54. The van der Waals surface area contributed by atoms with Gasteiger partial charge in [0, 0.05) is 6.07 Å². The van der Waals surface area contributed by atoms with Gasteiger partial charge >= 0.3 is 0 Å². The summed E-state index contributed by atoms with van der Waals surface area (Å²) in [6.45, 7) is 0. The summed E-state index contributed by atoms with van der Waals surface area (Å²) in [5, 5.41) is 18.5. The fourth-order valence-corrected chi connectivity index (χ4v) is 1.89. The molecular formula is C13H8Cl2N4O2. The van der Waals surface area contributed by atoms with Gasteiger partial charge in [-0.05, 0) is 18.2 Å². The number of anilines is 1. The second-order valence-electron chi connectivity index (χ2n) is 3.85. The molecule has 0 saturated heterocycles. The number of hydrogen-bond donors (Lipinski definition) is 1. The number of methoxy groups -OCH3 is 1. The van der Waals surface area contributed by atoms with Crippen molar-refractivity contribution in [1.29, 1.82) is 5.26 Å². The third kappa shape index (κ3) is 3.40. The van der Waals surface area contributed by atoms with Crippen molar-refractivity contribution < 1.29 is 9.53 Å². The molecule has 2 aromatic rings. The maximum Gasteiger partial charge on any atom is 0.259 e. The molecule has 0 bridgehead atoms. The highest BCUT2D eigenvalue weighted by atomic mass is 35.5. The van der Waals surface area contributed by atoms with Crippen LogP contribution in [0, 0.1) is 11.3 Å². The number of carbonyl (C=O) groups excluding carboxylic acids is 1. The summed E-state index contributed by atoms with van der Waals surface area (Å²) in [5.74, 6) is -0.161. The lowest BCUT2D eigenvalue weighted by atomic mass is 10.2. The first kappa shape index (κ1) is 15.0. The Morgan fingerprint density at radius 3 is 2.76 bits per heavy atom. The van der Waals surface area contributed by atoms with Crippen molar-refractivity contribution in [2.24, 2.45) is 0 Å². The summed E-state index contributed by atoms with van der Waals surface area (Å²) in [7, 11) is 1.43. The highest BCUT2D eigenvalue weighted by molar-refractivity contribution is 6.34. The highest BCUT2D eigenvalue weighted by Crippen LogP contribution is 2.26. The molecule has 0 fully saturated rings. The Balaban J connectivity index is 2.32. The molecule has 1 aromatic heterocycles. The molecule has 8 heteroatoms. The molecule has 0 aliphatic heterocycles. The maximum atomic E-state index is 12.2. The molecule has 0 aliphatic rings. The van der Waals surface area contributed by atoms with Crippen LogP contribution in [0.2, 0.25) is 10.3 Å². The van der Waals surface area contributed by atoms with Crippen LogP contribution in [0.5, 0.6) is 5.75 Å². The summed E-state index contributed by atoms with van der Waals surface area (Å²) < 4.78 is 5.13. The van der Waals surface area contributed by atoms with Crippen LogP contribution in [-0.2, 0) is 0 Å². The molecule has 1 amide bonds. The molecule has 0 saturated carbocycles. The molecule has 0 spiro atoms. The molecule has 0 radical (unpaired) electrons. The summed E-state index contributed by atoms with van der Waals surface area (Å²) in [4.78, 5) is 12.2. The molecule has 0 aliphatic carbocycles. The van der Waals surface area contributed by atoms with Crippen LogP contribution in [0.1, 0.15) is 15.9 Å². The lowest BCUT2D eigenvalue weighted by molar-refractivity contribution is 0.102. The third-order valence-corrected chi connectivity index (χ3v) is 3.01. The van der Waals surface area contributed by atoms with Crippen LogP contribution < -0.4 is 10.1 Å². The van der Waals surface area contributed by atoms with Gasteiger partial charge < -0.3 is 10.1 Å². The van der Waals surface area contributed by atoms with Crippen molar-refractivity contribution in [3.05, 3.63) is 45.7 Å². The SMILES string of the molecule is COc1cc(C#N)ccc1NC(=O)c1cc(Cl)nnc1Cl. The topological polar surface area (TPSA) is 87.9 Å². The number of nitrogens with zero attached hydrogens (tertiary/aromatic N) is 3. The first-order valence-corrected chi connectivity index (χ1v) is 6.39. The zero-order chi connectivity index (χ0) is 15.4. The normalized spacial score (nSPS) is 9.81. The van der Waals surface area contributed by atoms with Crippen molar-refractivity contribution in [3.8, 4) is 11.8 Å². The number of nitrogens with one attached hydrogen (secondary N) is 1. The fourth-order valence-electron chi connectivity index (χ4n) is 1.57. The second-order valence-corrected chi connectivity index (χ2v) is 4.60. The van der Waals surface area contributed by atoms with E-state index >= 15 is 0 Å². The average molecular weight is 323 g/mol. The number of rotatable bonds is 3.